The fraction of sp³-hybridized carbons (Fsp3) is 0.111. The standard InChI is InChI=1S/C18H20Si/c1-15(17-11-7-5-8-12-17)16(2)19(3,4)18-13-9-6-10-14-18/h5-14H,1-2H2,3-4H3. The van der Waals surface area contributed by atoms with Crippen molar-refractivity contribution < 1.29 is 0 Å². The quantitative estimate of drug-likeness (QED) is 0.567. The third-order valence-electron chi connectivity index (χ3n) is 3.74. The maximum absolute atomic E-state index is 4.34. The molecule has 0 aliphatic rings. The van der Waals surface area contributed by atoms with Crippen molar-refractivity contribution >= 4 is 18.8 Å². The first-order valence-corrected chi connectivity index (χ1v) is 9.53. The van der Waals surface area contributed by atoms with E-state index in [9.17, 15) is 0 Å². The number of hydrogen-bond acceptors (Lipinski definition) is 0. The van der Waals surface area contributed by atoms with Crippen molar-refractivity contribution in [1.82, 2.24) is 0 Å². The summed E-state index contributed by atoms with van der Waals surface area (Å²) in [6.07, 6.45) is 0. The molecule has 2 rings (SSSR count). The van der Waals surface area contributed by atoms with Crippen LogP contribution in [-0.4, -0.2) is 8.07 Å². The Balaban J connectivity index is 2.32. The molecule has 1 heteroatoms. The number of rotatable bonds is 4. The molecule has 0 aliphatic carbocycles. The van der Waals surface area contributed by atoms with Crippen LogP contribution in [0.3, 0.4) is 0 Å². The van der Waals surface area contributed by atoms with Gasteiger partial charge in [0.15, 0.2) is 0 Å². The predicted octanol–water partition coefficient (Wildman–Crippen LogP) is 4.41. The van der Waals surface area contributed by atoms with Gasteiger partial charge in [0.05, 0.1) is 0 Å². The van der Waals surface area contributed by atoms with Crippen molar-refractivity contribution in [2.24, 2.45) is 0 Å². The second-order valence-electron chi connectivity index (χ2n) is 5.31. The van der Waals surface area contributed by atoms with Crippen molar-refractivity contribution in [1.29, 1.82) is 0 Å². The van der Waals surface area contributed by atoms with Crippen LogP contribution in [0.2, 0.25) is 13.1 Å². The van der Waals surface area contributed by atoms with Crippen molar-refractivity contribution in [3.8, 4) is 0 Å². The molecule has 96 valence electrons. The van der Waals surface area contributed by atoms with E-state index in [2.05, 4.69) is 68.7 Å². The van der Waals surface area contributed by atoms with Gasteiger partial charge < -0.3 is 0 Å². The van der Waals surface area contributed by atoms with Gasteiger partial charge in [-0.05, 0) is 11.1 Å². The highest BCUT2D eigenvalue weighted by atomic mass is 28.3. The van der Waals surface area contributed by atoms with Crippen LogP contribution in [0.25, 0.3) is 5.57 Å². The van der Waals surface area contributed by atoms with Gasteiger partial charge in [0, 0.05) is 0 Å². The average Bonchev–Trinajstić information content (AvgIpc) is 2.47. The summed E-state index contributed by atoms with van der Waals surface area (Å²) in [7, 11) is -1.72. The zero-order valence-electron chi connectivity index (χ0n) is 11.7. The highest BCUT2D eigenvalue weighted by Crippen LogP contribution is 2.27. The molecule has 0 fully saturated rings. The van der Waals surface area contributed by atoms with Crippen molar-refractivity contribution in [2.75, 3.05) is 0 Å². The number of hydrogen-bond donors (Lipinski definition) is 0. The zero-order valence-corrected chi connectivity index (χ0v) is 12.7. The average molecular weight is 264 g/mol. The Labute approximate surface area is 117 Å². The lowest BCUT2D eigenvalue weighted by Crippen LogP contribution is -2.43. The Bertz CT molecular complexity index is 580. The lowest BCUT2D eigenvalue weighted by molar-refractivity contribution is 1.60. The van der Waals surface area contributed by atoms with E-state index in [1.807, 2.05) is 18.2 Å². The van der Waals surface area contributed by atoms with Crippen LogP contribution in [0.4, 0.5) is 0 Å². The summed E-state index contributed by atoms with van der Waals surface area (Å²) in [5, 5.41) is 2.60. The van der Waals surface area contributed by atoms with Gasteiger partial charge in [-0.3, -0.25) is 0 Å². The van der Waals surface area contributed by atoms with Gasteiger partial charge in [0.2, 0.25) is 0 Å². The SMILES string of the molecule is C=C(C(=C)[Si](C)(C)c1ccccc1)c1ccccc1. The Morgan fingerprint density at radius 3 is 1.79 bits per heavy atom. The fourth-order valence-electron chi connectivity index (χ4n) is 2.22. The monoisotopic (exact) mass is 264 g/mol. The second kappa shape index (κ2) is 5.41. The van der Waals surface area contributed by atoms with E-state index < -0.39 is 8.07 Å². The normalized spacial score (nSPS) is 11.1. The van der Waals surface area contributed by atoms with E-state index in [4.69, 9.17) is 0 Å². The first kappa shape index (κ1) is 13.6. The molecule has 2 aromatic rings. The highest BCUT2D eigenvalue weighted by molar-refractivity contribution is 6.97. The maximum Gasteiger partial charge on any atom is 0.112 e. The van der Waals surface area contributed by atoms with Gasteiger partial charge in [-0.1, -0.05) is 97.3 Å². The van der Waals surface area contributed by atoms with Crippen molar-refractivity contribution in [3.05, 3.63) is 84.6 Å². The molecule has 0 heterocycles. The van der Waals surface area contributed by atoms with Crippen molar-refractivity contribution in [3.63, 3.8) is 0 Å². The van der Waals surface area contributed by atoms with Gasteiger partial charge in [-0.25, -0.2) is 0 Å². The summed E-state index contributed by atoms with van der Waals surface area (Å²) in [4.78, 5) is 0. The van der Waals surface area contributed by atoms with Gasteiger partial charge in [0.25, 0.3) is 0 Å². The molecule has 0 amide bonds. The molecule has 0 saturated carbocycles. The summed E-state index contributed by atoms with van der Waals surface area (Å²) >= 11 is 0. The molecular weight excluding hydrogens is 244 g/mol. The Morgan fingerprint density at radius 1 is 0.789 bits per heavy atom. The summed E-state index contributed by atoms with van der Waals surface area (Å²) in [5.74, 6) is 0. The molecule has 0 nitrogen and oxygen atoms in total. The summed E-state index contributed by atoms with van der Waals surface area (Å²) in [5.41, 5.74) is 2.24. The molecule has 0 aliphatic heterocycles. The first-order chi connectivity index (χ1) is 9.03. The van der Waals surface area contributed by atoms with E-state index in [-0.39, 0.29) is 0 Å². The molecule has 0 aromatic heterocycles. The molecule has 19 heavy (non-hydrogen) atoms. The number of benzene rings is 2. The molecule has 2 aromatic carbocycles. The van der Waals surface area contributed by atoms with E-state index >= 15 is 0 Å². The molecule has 0 unspecified atom stereocenters. The summed E-state index contributed by atoms with van der Waals surface area (Å²) in [6, 6.07) is 21.0. The Hall–Kier alpha value is -1.86. The van der Waals surface area contributed by atoms with Crippen LogP contribution in [0.5, 0.6) is 0 Å². The van der Waals surface area contributed by atoms with Crippen LogP contribution in [0, 0.1) is 0 Å². The van der Waals surface area contributed by atoms with Crippen LogP contribution < -0.4 is 5.19 Å². The third kappa shape index (κ3) is 2.77. The zero-order chi connectivity index (χ0) is 13.9. The van der Waals surface area contributed by atoms with Crippen LogP contribution in [0.1, 0.15) is 5.56 Å². The smallest absolute Gasteiger partial charge is 0.0988 e. The van der Waals surface area contributed by atoms with Crippen LogP contribution >= 0.6 is 0 Å². The lowest BCUT2D eigenvalue weighted by atomic mass is 10.1. The molecular formula is C18H20Si. The molecule has 0 N–H and O–H groups in total. The van der Waals surface area contributed by atoms with E-state index in [0.29, 0.717) is 0 Å². The van der Waals surface area contributed by atoms with E-state index in [1.165, 1.54) is 15.9 Å². The Morgan fingerprint density at radius 2 is 1.26 bits per heavy atom. The van der Waals surface area contributed by atoms with Gasteiger partial charge in [-0.15, -0.1) is 0 Å². The fourth-order valence-corrected chi connectivity index (χ4v) is 4.49. The van der Waals surface area contributed by atoms with E-state index in [0.717, 1.165) is 5.57 Å². The minimum atomic E-state index is -1.72. The predicted molar refractivity (Wildman–Crippen MR) is 88.2 cm³/mol. The number of allylic oxidation sites excluding steroid dienone is 2. The molecule has 0 saturated heterocycles. The van der Waals surface area contributed by atoms with Gasteiger partial charge in [-0.2, -0.15) is 0 Å². The van der Waals surface area contributed by atoms with Crippen LogP contribution in [-0.2, 0) is 0 Å². The lowest BCUT2D eigenvalue weighted by Gasteiger charge is -2.27. The van der Waals surface area contributed by atoms with E-state index in [1.54, 1.807) is 0 Å². The topological polar surface area (TPSA) is 0 Å². The van der Waals surface area contributed by atoms with Crippen LogP contribution in [0.15, 0.2) is 79.0 Å². The second-order valence-corrected chi connectivity index (χ2v) is 9.75. The highest BCUT2D eigenvalue weighted by Gasteiger charge is 2.28. The molecule has 0 atom stereocenters. The third-order valence-corrected chi connectivity index (χ3v) is 7.32. The molecule has 0 bridgehead atoms. The first-order valence-electron chi connectivity index (χ1n) is 6.53. The minimum Gasteiger partial charge on any atom is -0.0988 e. The van der Waals surface area contributed by atoms with Crippen molar-refractivity contribution in [2.45, 2.75) is 13.1 Å². The Kier molecular flexibility index (Phi) is 3.86. The van der Waals surface area contributed by atoms with Gasteiger partial charge >= 0.3 is 0 Å². The molecule has 0 spiro atoms. The van der Waals surface area contributed by atoms with Gasteiger partial charge in [0.1, 0.15) is 8.07 Å². The molecule has 0 radical (unpaired) electrons. The summed E-state index contributed by atoms with van der Waals surface area (Å²) in [6.45, 7) is 13.3. The minimum absolute atomic E-state index is 1.07. The summed E-state index contributed by atoms with van der Waals surface area (Å²) < 4.78 is 0. The maximum atomic E-state index is 4.34. The largest absolute Gasteiger partial charge is 0.112 e.